The second-order valence-electron chi connectivity index (χ2n) is 6.63. The lowest BCUT2D eigenvalue weighted by atomic mass is 10.2. The minimum absolute atomic E-state index is 0.0898. The lowest BCUT2D eigenvalue weighted by Crippen LogP contribution is -2.27. The predicted octanol–water partition coefficient (Wildman–Crippen LogP) is 3.73. The third-order valence-electron chi connectivity index (χ3n) is 3.08. The number of esters is 1. The van der Waals surface area contributed by atoms with E-state index in [1.54, 1.807) is 45.0 Å². The molecule has 1 N–H and O–H groups in total. The lowest BCUT2D eigenvalue weighted by Gasteiger charge is -2.19. The first-order valence-electron chi connectivity index (χ1n) is 8.35. The van der Waals surface area contributed by atoms with Gasteiger partial charge in [-0.05, 0) is 51.5 Å². The van der Waals surface area contributed by atoms with Crippen LogP contribution < -0.4 is 5.32 Å². The van der Waals surface area contributed by atoms with Gasteiger partial charge < -0.3 is 14.0 Å². The molecule has 26 heavy (non-hydrogen) atoms. The zero-order valence-corrected chi connectivity index (χ0v) is 15.4. The second-order valence-corrected chi connectivity index (χ2v) is 6.63. The van der Waals surface area contributed by atoms with Crippen molar-refractivity contribution in [2.24, 2.45) is 0 Å². The number of benzene rings is 1. The Hall–Kier alpha value is -2.90. The molecule has 2 aromatic rings. The van der Waals surface area contributed by atoms with Crippen LogP contribution in [0.2, 0.25) is 0 Å². The van der Waals surface area contributed by atoms with Crippen molar-refractivity contribution in [3.63, 3.8) is 0 Å². The van der Waals surface area contributed by atoms with Crippen LogP contribution in [0.4, 0.5) is 10.5 Å². The van der Waals surface area contributed by atoms with Gasteiger partial charge in [0.05, 0.1) is 5.56 Å². The maximum atomic E-state index is 12.0. The van der Waals surface area contributed by atoms with E-state index in [4.69, 9.17) is 14.0 Å². The summed E-state index contributed by atoms with van der Waals surface area (Å²) in [5.41, 5.74) is 0.268. The van der Waals surface area contributed by atoms with Crippen molar-refractivity contribution in [3.05, 3.63) is 41.5 Å². The van der Waals surface area contributed by atoms with Crippen molar-refractivity contribution in [2.45, 2.75) is 52.7 Å². The fraction of sp³-hybridized carbons (Fsp3) is 0.444. The lowest BCUT2D eigenvalue weighted by molar-refractivity contribution is 0.0429. The number of nitrogens with zero attached hydrogens (tertiary/aromatic N) is 2. The average molecular weight is 361 g/mol. The van der Waals surface area contributed by atoms with E-state index in [0.29, 0.717) is 23.5 Å². The van der Waals surface area contributed by atoms with Gasteiger partial charge in [0.15, 0.2) is 12.4 Å². The third kappa shape index (κ3) is 6.19. The number of rotatable bonds is 6. The van der Waals surface area contributed by atoms with Gasteiger partial charge >= 0.3 is 12.1 Å². The Bertz CT molecular complexity index is 747. The molecular weight excluding hydrogens is 338 g/mol. The topological polar surface area (TPSA) is 104 Å². The van der Waals surface area contributed by atoms with Crippen LogP contribution in [0.15, 0.2) is 28.8 Å². The molecule has 0 aliphatic carbocycles. The molecule has 0 atom stereocenters. The normalized spacial score (nSPS) is 11.1. The molecule has 0 saturated carbocycles. The van der Waals surface area contributed by atoms with Gasteiger partial charge in [-0.1, -0.05) is 12.1 Å². The largest absolute Gasteiger partial charge is 0.452 e. The van der Waals surface area contributed by atoms with Crippen LogP contribution in [0.3, 0.4) is 0 Å². The van der Waals surface area contributed by atoms with E-state index in [0.717, 1.165) is 6.42 Å². The monoisotopic (exact) mass is 361 g/mol. The van der Waals surface area contributed by atoms with Gasteiger partial charge in [-0.3, -0.25) is 5.32 Å². The molecule has 0 aliphatic heterocycles. The smallest absolute Gasteiger partial charge is 0.412 e. The number of aryl methyl sites for hydroxylation is 1. The molecule has 0 bridgehead atoms. The van der Waals surface area contributed by atoms with Crippen LogP contribution in [0, 0.1) is 0 Å². The first-order chi connectivity index (χ1) is 12.3. The van der Waals surface area contributed by atoms with Crippen molar-refractivity contribution in [1.29, 1.82) is 0 Å². The molecule has 0 unspecified atom stereocenters. The van der Waals surface area contributed by atoms with Crippen LogP contribution in [-0.4, -0.2) is 27.8 Å². The van der Waals surface area contributed by atoms with Crippen molar-refractivity contribution in [2.75, 3.05) is 5.32 Å². The van der Waals surface area contributed by atoms with E-state index in [9.17, 15) is 9.59 Å². The number of hydrogen-bond donors (Lipinski definition) is 1. The van der Waals surface area contributed by atoms with E-state index in [1.807, 2.05) is 6.92 Å². The molecule has 0 spiro atoms. The Kier molecular flexibility index (Phi) is 6.32. The van der Waals surface area contributed by atoms with Crippen LogP contribution >= 0.6 is 0 Å². The van der Waals surface area contributed by atoms with Gasteiger partial charge in [0.2, 0.25) is 0 Å². The van der Waals surface area contributed by atoms with Gasteiger partial charge in [-0.15, -0.1) is 0 Å². The van der Waals surface area contributed by atoms with Crippen molar-refractivity contribution in [3.8, 4) is 0 Å². The second kappa shape index (κ2) is 8.46. The summed E-state index contributed by atoms with van der Waals surface area (Å²) >= 11 is 0. The number of carbonyl (C=O) groups is 2. The molecule has 1 heterocycles. The average Bonchev–Trinajstić information content (AvgIpc) is 2.99. The van der Waals surface area contributed by atoms with Crippen molar-refractivity contribution in [1.82, 2.24) is 10.1 Å². The summed E-state index contributed by atoms with van der Waals surface area (Å²) in [6, 6.07) is 6.27. The summed E-state index contributed by atoms with van der Waals surface area (Å²) in [6.07, 6.45) is 1.05. The molecule has 0 saturated heterocycles. The Balaban J connectivity index is 1.86. The maximum absolute atomic E-state index is 12.0. The Labute approximate surface area is 151 Å². The summed E-state index contributed by atoms with van der Waals surface area (Å²) in [5.74, 6) is 0.324. The number of hydrogen-bond acceptors (Lipinski definition) is 7. The van der Waals surface area contributed by atoms with Crippen molar-refractivity contribution < 1.29 is 23.6 Å². The van der Waals surface area contributed by atoms with Gasteiger partial charge in [0.1, 0.15) is 5.60 Å². The zero-order chi connectivity index (χ0) is 19.2. The van der Waals surface area contributed by atoms with E-state index < -0.39 is 17.7 Å². The number of carbonyl (C=O) groups excluding carboxylic acids is 2. The molecule has 0 radical (unpaired) electrons. The first-order valence-corrected chi connectivity index (χ1v) is 8.35. The molecule has 0 fully saturated rings. The molecule has 2 rings (SSSR count). The number of nitrogens with one attached hydrogen (secondary N) is 1. The van der Waals surface area contributed by atoms with Crippen LogP contribution in [0.5, 0.6) is 0 Å². The highest BCUT2D eigenvalue weighted by Crippen LogP contribution is 2.14. The summed E-state index contributed by atoms with van der Waals surface area (Å²) in [7, 11) is 0. The van der Waals surface area contributed by atoms with E-state index >= 15 is 0 Å². The molecule has 140 valence electrons. The van der Waals surface area contributed by atoms with Crippen LogP contribution in [0.25, 0.3) is 0 Å². The quantitative estimate of drug-likeness (QED) is 0.782. The van der Waals surface area contributed by atoms with Gasteiger partial charge in [-0.2, -0.15) is 4.98 Å². The Morgan fingerprint density at radius 2 is 1.88 bits per heavy atom. The molecule has 8 heteroatoms. The number of amides is 1. The summed E-state index contributed by atoms with van der Waals surface area (Å²) in [5, 5.41) is 6.38. The zero-order valence-electron chi connectivity index (χ0n) is 15.4. The highest BCUT2D eigenvalue weighted by molar-refractivity contribution is 5.91. The Morgan fingerprint density at radius 3 is 2.50 bits per heavy atom. The molecule has 1 amide bonds. The third-order valence-corrected chi connectivity index (χ3v) is 3.08. The fourth-order valence-electron chi connectivity index (χ4n) is 2.00. The minimum Gasteiger partial charge on any atom is -0.452 e. The number of ether oxygens (including phenoxy) is 2. The van der Waals surface area contributed by atoms with E-state index in [1.165, 1.54) is 0 Å². The number of aromatic nitrogens is 2. The highest BCUT2D eigenvalue weighted by atomic mass is 16.6. The molecule has 1 aromatic carbocycles. The summed E-state index contributed by atoms with van der Waals surface area (Å²) in [6.45, 7) is 7.26. The molecule has 0 aliphatic rings. The predicted molar refractivity (Wildman–Crippen MR) is 93.7 cm³/mol. The standard InChI is InChI=1S/C18H23N3O5/c1-5-6-14-20-15(26-21-14)11-24-16(22)12-7-9-13(10-8-12)19-17(23)25-18(2,3)4/h7-10H,5-6,11H2,1-4H3,(H,19,23). The molecular formula is C18H23N3O5. The van der Waals surface area contributed by atoms with Gasteiger partial charge in [-0.25, -0.2) is 9.59 Å². The van der Waals surface area contributed by atoms with E-state index in [2.05, 4.69) is 15.5 Å². The highest BCUT2D eigenvalue weighted by Gasteiger charge is 2.16. The van der Waals surface area contributed by atoms with E-state index in [-0.39, 0.29) is 12.5 Å². The van der Waals surface area contributed by atoms with Gasteiger partial charge in [0.25, 0.3) is 5.89 Å². The molecule has 1 aromatic heterocycles. The van der Waals surface area contributed by atoms with Crippen LogP contribution in [-0.2, 0) is 22.5 Å². The maximum Gasteiger partial charge on any atom is 0.412 e. The van der Waals surface area contributed by atoms with Gasteiger partial charge in [0, 0.05) is 12.1 Å². The molecule has 8 nitrogen and oxygen atoms in total. The fourth-order valence-corrected chi connectivity index (χ4v) is 2.00. The number of anilines is 1. The summed E-state index contributed by atoms with van der Waals surface area (Å²) < 4.78 is 15.3. The first kappa shape index (κ1) is 19.4. The Morgan fingerprint density at radius 1 is 1.19 bits per heavy atom. The minimum atomic E-state index is -0.584. The summed E-state index contributed by atoms with van der Waals surface area (Å²) in [4.78, 5) is 27.9. The van der Waals surface area contributed by atoms with Crippen molar-refractivity contribution >= 4 is 17.7 Å². The SMILES string of the molecule is CCCc1noc(COC(=O)c2ccc(NC(=O)OC(C)(C)C)cc2)n1. The van der Waals surface area contributed by atoms with Crippen LogP contribution in [0.1, 0.15) is 56.2 Å².